The summed E-state index contributed by atoms with van der Waals surface area (Å²) in [5.74, 6) is 0. The van der Waals surface area contributed by atoms with E-state index in [1.165, 1.54) is 11.3 Å². The van der Waals surface area contributed by atoms with Gasteiger partial charge >= 0.3 is 6.09 Å². The third-order valence-electron chi connectivity index (χ3n) is 1.16. The van der Waals surface area contributed by atoms with Gasteiger partial charge in [0.25, 0.3) is 0 Å². The molecule has 1 rings (SSSR count). The van der Waals surface area contributed by atoms with E-state index in [1.807, 2.05) is 0 Å². The molecular weight excluding hydrogens is 186 g/mol. The van der Waals surface area contributed by atoms with E-state index in [4.69, 9.17) is 16.7 Å². The van der Waals surface area contributed by atoms with Crippen LogP contribution >= 0.6 is 22.9 Å². The number of carboxylic acid groups (broad SMARTS) is 1. The molecule has 5 heteroatoms. The summed E-state index contributed by atoms with van der Waals surface area (Å²) in [6, 6.07) is 0. The number of anilines is 1. The minimum absolute atomic E-state index is 0.477. The highest BCUT2D eigenvalue weighted by Gasteiger charge is 2.08. The molecule has 1 amide bonds. The highest BCUT2D eigenvalue weighted by atomic mass is 35.5. The zero-order valence-corrected chi connectivity index (χ0v) is 7.29. The number of halogens is 1. The van der Waals surface area contributed by atoms with E-state index in [2.05, 4.69) is 5.32 Å². The summed E-state index contributed by atoms with van der Waals surface area (Å²) in [5.41, 5.74) is 1.34. The maximum Gasteiger partial charge on any atom is 0.409 e. The predicted octanol–water partition coefficient (Wildman–Crippen LogP) is 2.80. The SMILES string of the molecule is Cc1csc(Cl)c1NC(=O)O. The van der Waals surface area contributed by atoms with Crippen LogP contribution in [0.2, 0.25) is 4.34 Å². The number of amides is 1. The largest absolute Gasteiger partial charge is 0.465 e. The lowest BCUT2D eigenvalue weighted by Crippen LogP contribution is -2.07. The van der Waals surface area contributed by atoms with Crippen LogP contribution in [0, 0.1) is 6.92 Å². The topological polar surface area (TPSA) is 49.3 Å². The van der Waals surface area contributed by atoms with Crippen molar-refractivity contribution in [1.82, 2.24) is 0 Å². The molecule has 0 fully saturated rings. The Balaban J connectivity index is 2.92. The van der Waals surface area contributed by atoms with Crippen LogP contribution in [0.1, 0.15) is 5.56 Å². The molecule has 0 saturated carbocycles. The highest BCUT2D eigenvalue weighted by molar-refractivity contribution is 7.15. The number of carbonyl (C=O) groups is 1. The number of nitrogens with one attached hydrogen (secondary N) is 1. The van der Waals surface area contributed by atoms with Crippen LogP contribution in [0.5, 0.6) is 0 Å². The van der Waals surface area contributed by atoms with Gasteiger partial charge in [-0.1, -0.05) is 11.6 Å². The van der Waals surface area contributed by atoms with Gasteiger partial charge in [0.15, 0.2) is 0 Å². The van der Waals surface area contributed by atoms with E-state index in [0.717, 1.165) is 5.56 Å². The predicted molar refractivity (Wildman–Crippen MR) is 45.7 cm³/mol. The Morgan fingerprint density at radius 2 is 2.45 bits per heavy atom. The molecule has 0 aliphatic carbocycles. The molecule has 0 aliphatic heterocycles. The molecule has 0 aromatic carbocycles. The Morgan fingerprint density at radius 3 is 2.82 bits per heavy atom. The van der Waals surface area contributed by atoms with Gasteiger partial charge in [-0.2, -0.15) is 0 Å². The van der Waals surface area contributed by atoms with E-state index >= 15 is 0 Å². The van der Waals surface area contributed by atoms with Crippen molar-refractivity contribution in [2.75, 3.05) is 5.32 Å². The van der Waals surface area contributed by atoms with Crippen molar-refractivity contribution in [2.45, 2.75) is 6.92 Å². The van der Waals surface area contributed by atoms with Gasteiger partial charge in [0, 0.05) is 0 Å². The van der Waals surface area contributed by atoms with E-state index in [9.17, 15) is 4.79 Å². The van der Waals surface area contributed by atoms with Gasteiger partial charge < -0.3 is 5.11 Å². The molecule has 3 nitrogen and oxygen atoms in total. The van der Waals surface area contributed by atoms with Crippen molar-refractivity contribution in [1.29, 1.82) is 0 Å². The number of hydrogen-bond acceptors (Lipinski definition) is 2. The summed E-state index contributed by atoms with van der Waals surface area (Å²) in [6.07, 6.45) is -1.09. The van der Waals surface area contributed by atoms with Crippen molar-refractivity contribution < 1.29 is 9.90 Å². The Hall–Kier alpha value is -0.740. The van der Waals surface area contributed by atoms with Crippen LogP contribution in [0.3, 0.4) is 0 Å². The van der Waals surface area contributed by atoms with Crippen molar-refractivity contribution in [3.05, 3.63) is 15.3 Å². The lowest BCUT2D eigenvalue weighted by atomic mass is 10.3. The van der Waals surface area contributed by atoms with E-state index < -0.39 is 6.09 Å². The summed E-state index contributed by atoms with van der Waals surface area (Å²) in [5, 5.41) is 12.4. The smallest absolute Gasteiger partial charge is 0.409 e. The number of hydrogen-bond donors (Lipinski definition) is 2. The summed E-state index contributed by atoms with van der Waals surface area (Å²) >= 11 is 6.99. The maximum atomic E-state index is 10.2. The maximum absolute atomic E-state index is 10.2. The lowest BCUT2D eigenvalue weighted by molar-refractivity contribution is 0.209. The molecule has 0 saturated heterocycles. The molecule has 1 aromatic rings. The van der Waals surface area contributed by atoms with Crippen molar-refractivity contribution in [3.8, 4) is 0 Å². The van der Waals surface area contributed by atoms with Gasteiger partial charge in [0.1, 0.15) is 4.34 Å². The number of rotatable bonds is 1. The molecule has 0 atom stereocenters. The third-order valence-corrected chi connectivity index (χ3v) is 2.50. The Morgan fingerprint density at radius 1 is 1.82 bits per heavy atom. The second-order valence-electron chi connectivity index (χ2n) is 2.00. The fourth-order valence-corrected chi connectivity index (χ4v) is 1.73. The monoisotopic (exact) mass is 191 g/mol. The fraction of sp³-hybridized carbons (Fsp3) is 0.167. The van der Waals surface area contributed by atoms with E-state index in [-0.39, 0.29) is 0 Å². The van der Waals surface area contributed by atoms with Crippen LogP contribution in [-0.4, -0.2) is 11.2 Å². The minimum atomic E-state index is -1.09. The zero-order valence-electron chi connectivity index (χ0n) is 5.72. The molecule has 0 radical (unpaired) electrons. The lowest BCUT2D eigenvalue weighted by Gasteiger charge is -1.98. The zero-order chi connectivity index (χ0) is 8.43. The van der Waals surface area contributed by atoms with Crippen LogP contribution in [-0.2, 0) is 0 Å². The third kappa shape index (κ3) is 1.85. The first kappa shape index (κ1) is 8.36. The van der Waals surface area contributed by atoms with Gasteiger partial charge in [-0.15, -0.1) is 11.3 Å². The van der Waals surface area contributed by atoms with Crippen LogP contribution in [0.4, 0.5) is 10.5 Å². The highest BCUT2D eigenvalue weighted by Crippen LogP contribution is 2.31. The first-order valence-corrected chi connectivity index (χ1v) is 4.10. The Labute approximate surface area is 72.6 Å². The average Bonchev–Trinajstić information content (AvgIpc) is 2.18. The summed E-state index contributed by atoms with van der Waals surface area (Å²) < 4.78 is 0.477. The van der Waals surface area contributed by atoms with Gasteiger partial charge in [0.05, 0.1) is 5.69 Å². The standard InChI is InChI=1S/C6H6ClNO2S/c1-3-2-11-5(7)4(3)8-6(9)10/h2,8H,1H3,(H,9,10). The van der Waals surface area contributed by atoms with E-state index in [1.54, 1.807) is 12.3 Å². The van der Waals surface area contributed by atoms with E-state index in [0.29, 0.717) is 10.0 Å². The molecule has 0 spiro atoms. The second kappa shape index (κ2) is 3.11. The molecule has 2 N–H and O–H groups in total. The molecule has 1 aromatic heterocycles. The summed E-state index contributed by atoms with van der Waals surface area (Å²) in [4.78, 5) is 10.2. The molecule has 60 valence electrons. The molecule has 1 heterocycles. The van der Waals surface area contributed by atoms with Gasteiger partial charge in [0.2, 0.25) is 0 Å². The van der Waals surface area contributed by atoms with Gasteiger partial charge in [-0.25, -0.2) is 4.79 Å². The Kier molecular flexibility index (Phi) is 2.36. The normalized spacial score (nSPS) is 9.64. The average molecular weight is 192 g/mol. The summed E-state index contributed by atoms with van der Waals surface area (Å²) in [6.45, 7) is 1.80. The first-order valence-electron chi connectivity index (χ1n) is 2.85. The van der Waals surface area contributed by atoms with Crippen molar-refractivity contribution >= 4 is 34.7 Å². The van der Waals surface area contributed by atoms with Crippen molar-refractivity contribution in [3.63, 3.8) is 0 Å². The van der Waals surface area contributed by atoms with Gasteiger partial charge in [-0.05, 0) is 17.9 Å². The minimum Gasteiger partial charge on any atom is -0.465 e. The number of thiophene rings is 1. The van der Waals surface area contributed by atoms with Crippen molar-refractivity contribution in [2.24, 2.45) is 0 Å². The molecule has 0 bridgehead atoms. The number of aryl methyl sites for hydroxylation is 1. The fourth-order valence-electron chi connectivity index (χ4n) is 0.668. The molecule has 11 heavy (non-hydrogen) atoms. The quantitative estimate of drug-likeness (QED) is 0.717. The molecular formula is C6H6ClNO2S. The molecule has 0 aliphatic rings. The first-order chi connectivity index (χ1) is 5.11. The second-order valence-corrected chi connectivity index (χ2v) is 3.48. The molecule has 0 unspecified atom stereocenters. The van der Waals surface area contributed by atoms with Crippen LogP contribution in [0.25, 0.3) is 0 Å². The summed E-state index contributed by atoms with van der Waals surface area (Å²) in [7, 11) is 0. The van der Waals surface area contributed by atoms with Crippen LogP contribution in [0.15, 0.2) is 5.38 Å². The Bertz CT molecular complexity index is 265. The van der Waals surface area contributed by atoms with Gasteiger partial charge in [-0.3, -0.25) is 5.32 Å². The van der Waals surface area contributed by atoms with Crippen LogP contribution < -0.4 is 5.32 Å².